The van der Waals surface area contributed by atoms with Crippen molar-refractivity contribution in [3.8, 4) is 0 Å². The lowest BCUT2D eigenvalue weighted by Crippen LogP contribution is -1.99. The summed E-state index contributed by atoms with van der Waals surface area (Å²) >= 11 is 0. The van der Waals surface area contributed by atoms with Gasteiger partial charge in [-0.15, -0.1) is 5.73 Å². The first-order valence-corrected chi connectivity index (χ1v) is 11.1. The first-order valence-electron chi connectivity index (χ1n) is 11.1. The average Bonchev–Trinajstić information content (AvgIpc) is 2.91. The maximum Gasteiger partial charge on any atom is -0.00600 e. The standard InChI is InChI=1S/C27H42/c1-7-13-22(4)24(6)23(5)18-19-27-17-12-16-26(20-21-27)15-11-10-14-25(8-2)9-3/h7,12-13,16,20-21,23,25H,8-11,14-15,18-19H2,1-6H3. The SMILES string of the molecule is CC=CC(C)=C(C)C(C)CCC1=C=CC=C(CCCCC(CC)CC)C=C1. The molecule has 0 fully saturated rings. The minimum Gasteiger partial charge on any atom is -0.117 e. The molecule has 1 aliphatic carbocycles. The molecule has 0 amide bonds. The Morgan fingerprint density at radius 3 is 2.44 bits per heavy atom. The summed E-state index contributed by atoms with van der Waals surface area (Å²) < 4.78 is 0. The van der Waals surface area contributed by atoms with Crippen LogP contribution in [0.25, 0.3) is 0 Å². The van der Waals surface area contributed by atoms with Crippen LogP contribution in [0.1, 0.15) is 92.9 Å². The van der Waals surface area contributed by atoms with Crippen molar-refractivity contribution in [2.45, 2.75) is 92.9 Å². The molecule has 1 atom stereocenters. The third-order valence-electron chi connectivity index (χ3n) is 6.17. The zero-order valence-electron chi connectivity index (χ0n) is 18.8. The van der Waals surface area contributed by atoms with Crippen LogP contribution in [0.3, 0.4) is 0 Å². The molecule has 0 aromatic carbocycles. The smallest absolute Gasteiger partial charge is 0.00600 e. The third-order valence-corrected chi connectivity index (χ3v) is 6.17. The number of unbranched alkanes of at least 4 members (excludes halogenated alkanes) is 1. The normalized spacial score (nSPS) is 16.4. The van der Waals surface area contributed by atoms with Crippen LogP contribution in [0.2, 0.25) is 0 Å². The fraction of sp³-hybridized carbons (Fsp3) is 0.593. The van der Waals surface area contributed by atoms with E-state index in [0.29, 0.717) is 5.92 Å². The van der Waals surface area contributed by atoms with Gasteiger partial charge in [0.25, 0.3) is 0 Å². The number of rotatable bonds is 12. The molecule has 0 saturated heterocycles. The van der Waals surface area contributed by atoms with Crippen LogP contribution in [-0.2, 0) is 0 Å². The first kappa shape index (κ1) is 23.5. The largest absolute Gasteiger partial charge is 0.117 e. The van der Waals surface area contributed by atoms with Gasteiger partial charge >= 0.3 is 0 Å². The van der Waals surface area contributed by atoms with E-state index < -0.39 is 0 Å². The second-order valence-electron chi connectivity index (χ2n) is 8.15. The highest BCUT2D eigenvalue weighted by Crippen LogP contribution is 2.24. The molecular formula is C27H42. The van der Waals surface area contributed by atoms with Gasteiger partial charge in [-0.05, 0) is 75.5 Å². The summed E-state index contributed by atoms with van der Waals surface area (Å²) in [5.74, 6) is 1.54. The highest BCUT2D eigenvalue weighted by atomic mass is 14.1. The predicted octanol–water partition coefficient (Wildman–Crippen LogP) is 8.89. The molecule has 0 aliphatic heterocycles. The average molecular weight is 367 g/mol. The van der Waals surface area contributed by atoms with Gasteiger partial charge in [0.2, 0.25) is 0 Å². The number of hydrogen-bond donors (Lipinski definition) is 0. The lowest BCUT2D eigenvalue weighted by molar-refractivity contribution is 0.434. The van der Waals surface area contributed by atoms with Crippen LogP contribution in [0.4, 0.5) is 0 Å². The van der Waals surface area contributed by atoms with E-state index in [1.165, 1.54) is 67.2 Å². The zero-order valence-corrected chi connectivity index (χ0v) is 18.8. The summed E-state index contributed by atoms with van der Waals surface area (Å²) in [7, 11) is 0. The van der Waals surface area contributed by atoms with Crippen molar-refractivity contribution in [3.63, 3.8) is 0 Å². The zero-order chi connectivity index (χ0) is 20.1. The molecular weight excluding hydrogens is 324 g/mol. The van der Waals surface area contributed by atoms with Crippen molar-refractivity contribution in [3.05, 3.63) is 64.5 Å². The molecule has 1 unspecified atom stereocenters. The Morgan fingerprint density at radius 2 is 1.78 bits per heavy atom. The molecule has 1 rings (SSSR count). The highest BCUT2D eigenvalue weighted by Gasteiger charge is 2.08. The van der Waals surface area contributed by atoms with Crippen LogP contribution in [0, 0.1) is 11.8 Å². The summed E-state index contributed by atoms with van der Waals surface area (Å²) in [6.07, 6.45) is 23.5. The number of allylic oxidation sites excluding steroid dienone is 9. The van der Waals surface area contributed by atoms with Crippen molar-refractivity contribution in [1.82, 2.24) is 0 Å². The molecule has 0 heteroatoms. The highest BCUT2D eigenvalue weighted by molar-refractivity contribution is 5.34. The molecule has 0 heterocycles. The molecule has 150 valence electrons. The van der Waals surface area contributed by atoms with E-state index in [9.17, 15) is 0 Å². The summed E-state index contributed by atoms with van der Waals surface area (Å²) in [6.45, 7) is 13.6. The van der Waals surface area contributed by atoms with E-state index >= 15 is 0 Å². The Kier molecular flexibility index (Phi) is 11.9. The van der Waals surface area contributed by atoms with Crippen LogP contribution in [0.15, 0.2) is 64.5 Å². The fourth-order valence-electron chi connectivity index (χ4n) is 3.71. The lowest BCUT2D eigenvalue weighted by atomic mass is 9.91. The summed E-state index contributed by atoms with van der Waals surface area (Å²) in [6, 6.07) is 0. The van der Waals surface area contributed by atoms with Gasteiger partial charge in [-0.1, -0.05) is 88.0 Å². The molecule has 27 heavy (non-hydrogen) atoms. The molecule has 0 N–H and O–H groups in total. The molecule has 0 aromatic heterocycles. The van der Waals surface area contributed by atoms with Crippen molar-refractivity contribution < 1.29 is 0 Å². The Bertz CT molecular complexity index is 610. The maximum atomic E-state index is 3.49. The molecule has 1 aliphatic rings. The van der Waals surface area contributed by atoms with Crippen molar-refractivity contribution in [2.75, 3.05) is 0 Å². The lowest BCUT2D eigenvalue weighted by Gasteiger charge is -2.14. The van der Waals surface area contributed by atoms with Crippen LogP contribution >= 0.6 is 0 Å². The van der Waals surface area contributed by atoms with Crippen molar-refractivity contribution in [1.29, 1.82) is 0 Å². The maximum absolute atomic E-state index is 3.49. The van der Waals surface area contributed by atoms with Gasteiger partial charge in [-0.25, -0.2) is 0 Å². The van der Waals surface area contributed by atoms with Gasteiger partial charge in [-0.3, -0.25) is 0 Å². The summed E-state index contributed by atoms with van der Waals surface area (Å²) in [5.41, 5.74) is 9.19. The Morgan fingerprint density at radius 1 is 1.04 bits per heavy atom. The van der Waals surface area contributed by atoms with Gasteiger partial charge in [0.05, 0.1) is 0 Å². The van der Waals surface area contributed by atoms with Crippen LogP contribution in [-0.4, -0.2) is 0 Å². The molecule has 0 saturated carbocycles. The van der Waals surface area contributed by atoms with E-state index in [2.05, 4.69) is 83.7 Å². The van der Waals surface area contributed by atoms with Gasteiger partial charge in [-0.2, -0.15) is 0 Å². The van der Waals surface area contributed by atoms with Gasteiger partial charge < -0.3 is 0 Å². The van der Waals surface area contributed by atoms with E-state index in [0.717, 1.165) is 12.3 Å². The monoisotopic (exact) mass is 366 g/mol. The summed E-state index contributed by atoms with van der Waals surface area (Å²) in [5, 5.41) is 0. The molecule has 0 radical (unpaired) electrons. The predicted molar refractivity (Wildman–Crippen MR) is 123 cm³/mol. The van der Waals surface area contributed by atoms with E-state index in [1.54, 1.807) is 0 Å². The van der Waals surface area contributed by atoms with Gasteiger partial charge in [0.1, 0.15) is 0 Å². The third kappa shape index (κ3) is 9.30. The quantitative estimate of drug-likeness (QED) is 0.184. The Balaban J connectivity index is 2.43. The minimum atomic E-state index is 0.615. The Labute approximate surface area is 169 Å². The van der Waals surface area contributed by atoms with Gasteiger partial charge in [0, 0.05) is 0 Å². The molecule has 0 aromatic rings. The topological polar surface area (TPSA) is 0 Å². The Hall–Kier alpha value is -1.52. The van der Waals surface area contributed by atoms with Crippen molar-refractivity contribution >= 4 is 0 Å². The van der Waals surface area contributed by atoms with Crippen LogP contribution < -0.4 is 0 Å². The molecule has 0 nitrogen and oxygen atoms in total. The number of hydrogen-bond acceptors (Lipinski definition) is 0. The van der Waals surface area contributed by atoms with E-state index in [1.807, 2.05) is 0 Å². The molecule has 0 bridgehead atoms. The minimum absolute atomic E-state index is 0.615. The fourth-order valence-corrected chi connectivity index (χ4v) is 3.71. The van der Waals surface area contributed by atoms with E-state index in [4.69, 9.17) is 0 Å². The summed E-state index contributed by atoms with van der Waals surface area (Å²) in [4.78, 5) is 0. The second-order valence-corrected chi connectivity index (χ2v) is 8.15. The van der Waals surface area contributed by atoms with Gasteiger partial charge in [0.15, 0.2) is 0 Å². The first-order chi connectivity index (χ1) is 13.0. The van der Waals surface area contributed by atoms with E-state index in [-0.39, 0.29) is 0 Å². The van der Waals surface area contributed by atoms with Crippen molar-refractivity contribution in [2.24, 2.45) is 11.8 Å². The van der Waals surface area contributed by atoms with Crippen LogP contribution in [0.5, 0.6) is 0 Å². The second kappa shape index (κ2) is 13.6. The molecule has 0 spiro atoms.